The van der Waals surface area contributed by atoms with E-state index in [9.17, 15) is 4.39 Å². The third-order valence-corrected chi connectivity index (χ3v) is 5.98. The lowest BCUT2D eigenvalue weighted by Crippen LogP contribution is -1.92. The van der Waals surface area contributed by atoms with E-state index < -0.39 is 0 Å². The first-order valence-electron chi connectivity index (χ1n) is 9.60. The summed E-state index contributed by atoms with van der Waals surface area (Å²) in [5.41, 5.74) is 4.50. The van der Waals surface area contributed by atoms with Crippen LogP contribution >= 0.6 is 11.3 Å². The molecule has 2 heterocycles. The highest BCUT2D eigenvalue weighted by atomic mass is 32.1. The van der Waals surface area contributed by atoms with Gasteiger partial charge in [0.25, 0.3) is 0 Å². The summed E-state index contributed by atoms with van der Waals surface area (Å²) in [4.78, 5) is 5.65. The first-order valence-corrected chi connectivity index (χ1v) is 10.4. The topological polar surface area (TPSA) is 48.7 Å². The van der Waals surface area contributed by atoms with Gasteiger partial charge in [-0.15, -0.1) is 0 Å². The van der Waals surface area contributed by atoms with Crippen molar-refractivity contribution in [3.8, 4) is 44.6 Å². The second kappa shape index (κ2) is 7.85. The smallest absolute Gasteiger partial charge is 0.213 e. The van der Waals surface area contributed by atoms with Crippen molar-refractivity contribution in [2.24, 2.45) is 0 Å². The van der Waals surface area contributed by atoms with Crippen LogP contribution in [0.5, 0.6) is 11.5 Å². The Morgan fingerprint density at radius 3 is 1.87 bits per heavy atom. The zero-order chi connectivity index (χ0) is 21.4. The van der Waals surface area contributed by atoms with Crippen molar-refractivity contribution in [3.63, 3.8) is 0 Å². The second-order valence-corrected chi connectivity index (χ2v) is 7.83. The van der Waals surface area contributed by atoms with Gasteiger partial charge in [-0.1, -0.05) is 11.3 Å². The highest BCUT2D eigenvalue weighted by molar-refractivity contribution is 7.19. The van der Waals surface area contributed by atoms with Gasteiger partial charge < -0.3 is 9.47 Å². The van der Waals surface area contributed by atoms with E-state index in [4.69, 9.17) is 19.6 Å². The average Bonchev–Trinajstić information content (AvgIpc) is 3.38. The summed E-state index contributed by atoms with van der Waals surface area (Å²) in [5, 5.41) is 5.58. The largest absolute Gasteiger partial charge is 0.497 e. The molecule has 0 aliphatic heterocycles. The number of ether oxygens (including phenoxy) is 2. The molecule has 0 aliphatic rings. The van der Waals surface area contributed by atoms with E-state index in [0.29, 0.717) is 0 Å². The Kier molecular flexibility index (Phi) is 4.88. The molecular weight excluding hydrogens is 413 g/mol. The summed E-state index contributed by atoms with van der Waals surface area (Å²) in [6, 6.07) is 21.9. The van der Waals surface area contributed by atoms with Crippen LogP contribution in [-0.4, -0.2) is 28.8 Å². The maximum atomic E-state index is 13.3. The molecule has 0 radical (unpaired) electrons. The zero-order valence-electron chi connectivity index (χ0n) is 16.9. The molecule has 0 spiro atoms. The standard InChI is InChI=1S/C24H18FN3O2S/c1-29-19-11-5-15(6-12-19)21-22(16-7-13-20(30-2)14-8-16)28-24(26-21)31-23(27-28)17-3-9-18(25)10-4-17/h3-14H,1-2H3. The summed E-state index contributed by atoms with van der Waals surface area (Å²) in [7, 11) is 3.29. The van der Waals surface area contributed by atoms with Gasteiger partial charge in [0.1, 0.15) is 33.7 Å². The molecule has 0 atom stereocenters. The number of imidazole rings is 1. The molecule has 31 heavy (non-hydrogen) atoms. The van der Waals surface area contributed by atoms with Crippen LogP contribution in [0.1, 0.15) is 0 Å². The molecule has 0 unspecified atom stereocenters. The molecule has 154 valence electrons. The van der Waals surface area contributed by atoms with Gasteiger partial charge in [-0.2, -0.15) is 5.10 Å². The average molecular weight is 431 g/mol. The van der Waals surface area contributed by atoms with Crippen molar-refractivity contribution in [2.75, 3.05) is 14.2 Å². The Labute approximate surface area is 182 Å². The minimum absolute atomic E-state index is 0.272. The van der Waals surface area contributed by atoms with Gasteiger partial charge in [0.05, 0.1) is 14.2 Å². The number of methoxy groups -OCH3 is 2. The van der Waals surface area contributed by atoms with Crippen molar-refractivity contribution >= 4 is 16.3 Å². The molecular formula is C24H18FN3O2S. The predicted molar refractivity (Wildman–Crippen MR) is 120 cm³/mol. The van der Waals surface area contributed by atoms with Crippen LogP contribution in [0.25, 0.3) is 38.0 Å². The first-order chi connectivity index (χ1) is 15.2. The minimum atomic E-state index is -0.272. The third-order valence-electron chi connectivity index (χ3n) is 5.02. The van der Waals surface area contributed by atoms with Gasteiger partial charge in [0, 0.05) is 16.7 Å². The Bertz CT molecular complexity index is 1340. The van der Waals surface area contributed by atoms with E-state index in [-0.39, 0.29) is 5.82 Å². The van der Waals surface area contributed by atoms with Crippen molar-refractivity contribution in [3.05, 3.63) is 78.6 Å². The molecule has 0 bridgehead atoms. The molecule has 0 saturated heterocycles. The fourth-order valence-electron chi connectivity index (χ4n) is 3.42. The van der Waals surface area contributed by atoms with Gasteiger partial charge in [-0.3, -0.25) is 0 Å². The van der Waals surface area contributed by atoms with E-state index in [1.54, 1.807) is 26.4 Å². The minimum Gasteiger partial charge on any atom is -0.497 e. The number of benzene rings is 3. The van der Waals surface area contributed by atoms with Gasteiger partial charge in [-0.25, -0.2) is 13.9 Å². The summed E-state index contributed by atoms with van der Waals surface area (Å²) < 4.78 is 25.8. The third kappa shape index (κ3) is 3.53. The fraction of sp³-hybridized carbons (Fsp3) is 0.0833. The molecule has 5 aromatic rings. The van der Waals surface area contributed by atoms with Crippen LogP contribution in [0.15, 0.2) is 72.8 Å². The molecule has 0 N–H and O–H groups in total. The van der Waals surface area contributed by atoms with Crippen LogP contribution in [-0.2, 0) is 0 Å². The first kappa shape index (κ1) is 19.3. The van der Waals surface area contributed by atoms with Crippen LogP contribution in [0.2, 0.25) is 0 Å². The van der Waals surface area contributed by atoms with Crippen LogP contribution in [0.3, 0.4) is 0 Å². The predicted octanol–water partition coefficient (Wildman–Crippen LogP) is 5.95. The fourth-order valence-corrected chi connectivity index (χ4v) is 4.32. The van der Waals surface area contributed by atoms with Crippen LogP contribution in [0.4, 0.5) is 4.39 Å². The van der Waals surface area contributed by atoms with E-state index in [2.05, 4.69) is 0 Å². The molecule has 0 saturated carbocycles. The van der Waals surface area contributed by atoms with Crippen molar-refractivity contribution in [2.45, 2.75) is 0 Å². The van der Waals surface area contributed by atoms with Crippen molar-refractivity contribution in [1.29, 1.82) is 0 Å². The Hall–Kier alpha value is -3.71. The van der Waals surface area contributed by atoms with E-state index in [0.717, 1.165) is 49.5 Å². The van der Waals surface area contributed by atoms with Crippen LogP contribution in [0, 0.1) is 5.82 Å². The van der Waals surface area contributed by atoms with Crippen molar-refractivity contribution in [1.82, 2.24) is 14.6 Å². The lowest BCUT2D eigenvalue weighted by atomic mass is 10.0. The molecule has 0 fully saturated rings. The summed E-state index contributed by atoms with van der Waals surface area (Å²) >= 11 is 1.46. The molecule has 3 aromatic carbocycles. The maximum absolute atomic E-state index is 13.3. The van der Waals surface area contributed by atoms with Crippen LogP contribution < -0.4 is 9.47 Å². The number of halogens is 1. The summed E-state index contributed by atoms with van der Waals surface area (Å²) in [5.74, 6) is 1.29. The van der Waals surface area contributed by atoms with Gasteiger partial charge in [-0.05, 0) is 72.8 Å². The highest BCUT2D eigenvalue weighted by Gasteiger charge is 2.20. The number of fused-ring (bicyclic) bond motifs is 1. The van der Waals surface area contributed by atoms with Gasteiger partial charge in [0.15, 0.2) is 0 Å². The zero-order valence-corrected chi connectivity index (χ0v) is 17.7. The van der Waals surface area contributed by atoms with Gasteiger partial charge in [0.2, 0.25) is 4.96 Å². The Morgan fingerprint density at radius 1 is 0.742 bits per heavy atom. The number of rotatable bonds is 5. The van der Waals surface area contributed by atoms with E-state index >= 15 is 0 Å². The maximum Gasteiger partial charge on any atom is 0.213 e. The van der Waals surface area contributed by atoms with Gasteiger partial charge >= 0.3 is 0 Å². The molecule has 5 rings (SSSR count). The molecule has 0 aliphatic carbocycles. The number of aromatic nitrogens is 3. The normalized spacial score (nSPS) is 11.1. The quantitative estimate of drug-likeness (QED) is 0.345. The highest BCUT2D eigenvalue weighted by Crippen LogP contribution is 2.37. The molecule has 7 heteroatoms. The molecule has 0 amide bonds. The molecule has 2 aromatic heterocycles. The number of nitrogens with zero attached hydrogens (tertiary/aromatic N) is 3. The SMILES string of the molecule is COc1ccc(-c2nc3sc(-c4ccc(F)cc4)nn3c2-c2ccc(OC)cc2)cc1. The lowest BCUT2D eigenvalue weighted by molar-refractivity contribution is 0.414. The lowest BCUT2D eigenvalue weighted by Gasteiger charge is -2.07. The van der Waals surface area contributed by atoms with E-state index in [1.165, 1.54) is 23.5 Å². The monoisotopic (exact) mass is 431 g/mol. The van der Waals surface area contributed by atoms with Crippen molar-refractivity contribution < 1.29 is 13.9 Å². The Balaban J connectivity index is 1.69. The summed E-state index contributed by atoms with van der Waals surface area (Å²) in [6.07, 6.45) is 0. The number of hydrogen-bond acceptors (Lipinski definition) is 5. The van der Waals surface area contributed by atoms with E-state index in [1.807, 2.05) is 53.0 Å². The summed E-state index contributed by atoms with van der Waals surface area (Å²) in [6.45, 7) is 0. The second-order valence-electron chi connectivity index (χ2n) is 6.87. The number of hydrogen-bond donors (Lipinski definition) is 0. The Morgan fingerprint density at radius 2 is 1.29 bits per heavy atom. The molecule has 5 nitrogen and oxygen atoms in total.